The quantitative estimate of drug-likeness (QED) is 0.734. The maximum atomic E-state index is 5.97. The maximum absolute atomic E-state index is 5.97. The molecule has 0 amide bonds. The van der Waals surface area contributed by atoms with Crippen LogP contribution in [0.3, 0.4) is 0 Å². The zero-order chi connectivity index (χ0) is 14.7. The van der Waals surface area contributed by atoms with Crippen molar-refractivity contribution in [2.75, 3.05) is 5.32 Å². The predicted octanol–water partition coefficient (Wildman–Crippen LogP) is 2.90. The lowest BCUT2D eigenvalue weighted by Crippen LogP contribution is -2.06. The van der Waals surface area contributed by atoms with Crippen molar-refractivity contribution in [1.29, 1.82) is 0 Å². The fourth-order valence-electron chi connectivity index (χ4n) is 2.17. The molecule has 0 radical (unpaired) electrons. The Morgan fingerprint density at radius 2 is 2.05 bits per heavy atom. The third-order valence-electron chi connectivity index (χ3n) is 3.12. The lowest BCUT2D eigenvalue weighted by Gasteiger charge is -2.09. The largest absolute Gasteiger partial charge is 0.364 e. The highest BCUT2D eigenvalue weighted by molar-refractivity contribution is 6.28. The first-order valence-electron chi connectivity index (χ1n) is 6.79. The van der Waals surface area contributed by atoms with E-state index in [0.29, 0.717) is 18.0 Å². The summed E-state index contributed by atoms with van der Waals surface area (Å²) in [6.07, 6.45) is 6.32. The topological polar surface area (TPSA) is 68.5 Å². The van der Waals surface area contributed by atoms with E-state index in [0.717, 1.165) is 24.0 Å². The first-order valence-corrected chi connectivity index (χ1v) is 7.17. The van der Waals surface area contributed by atoms with Crippen LogP contribution in [0.4, 0.5) is 5.82 Å². The van der Waals surface area contributed by atoms with Crippen LogP contribution in [0, 0.1) is 0 Å². The molecule has 3 aromatic rings. The molecule has 0 spiro atoms. The van der Waals surface area contributed by atoms with Crippen LogP contribution < -0.4 is 5.32 Å². The van der Waals surface area contributed by atoms with Gasteiger partial charge in [0.05, 0.1) is 6.33 Å². The molecule has 0 atom stereocenters. The number of pyridine rings is 1. The number of halogens is 1. The van der Waals surface area contributed by atoms with Gasteiger partial charge >= 0.3 is 0 Å². The zero-order valence-electron chi connectivity index (χ0n) is 11.6. The standard InChI is InChI=1S/C14H15ClN6/c1-2-7-21-9-18-13-11(21)12(19-14(15)20-13)17-8-10-3-5-16-6-4-10/h3-6,9H,2,7-8H2,1H3,(H,17,19,20). The van der Waals surface area contributed by atoms with Gasteiger partial charge in [-0.3, -0.25) is 4.98 Å². The Labute approximate surface area is 127 Å². The monoisotopic (exact) mass is 302 g/mol. The molecular weight excluding hydrogens is 288 g/mol. The number of nitrogens with one attached hydrogen (secondary N) is 1. The minimum atomic E-state index is 0.196. The highest BCUT2D eigenvalue weighted by Gasteiger charge is 2.12. The molecule has 3 heterocycles. The molecular formula is C14H15ClN6. The highest BCUT2D eigenvalue weighted by atomic mass is 35.5. The van der Waals surface area contributed by atoms with Gasteiger partial charge in [-0.2, -0.15) is 9.97 Å². The molecule has 6 nitrogen and oxygen atoms in total. The second kappa shape index (κ2) is 6.05. The normalized spacial score (nSPS) is 11.0. The van der Waals surface area contributed by atoms with Crippen LogP contribution in [0.25, 0.3) is 11.2 Å². The van der Waals surface area contributed by atoms with Crippen LogP contribution in [0.15, 0.2) is 30.9 Å². The molecule has 0 aliphatic heterocycles. The second-order valence-electron chi connectivity index (χ2n) is 4.66. The summed E-state index contributed by atoms with van der Waals surface area (Å²) in [4.78, 5) is 16.8. The molecule has 3 aromatic heterocycles. The Balaban J connectivity index is 1.94. The van der Waals surface area contributed by atoms with Crippen molar-refractivity contribution in [3.8, 4) is 0 Å². The molecule has 108 valence electrons. The van der Waals surface area contributed by atoms with Gasteiger partial charge in [0.2, 0.25) is 5.28 Å². The first-order chi connectivity index (χ1) is 10.3. The first kappa shape index (κ1) is 13.8. The Hall–Kier alpha value is -2.21. The summed E-state index contributed by atoms with van der Waals surface area (Å²) in [6.45, 7) is 3.63. The number of nitrogens with zero attached hydrogens (tertiary/aromatic N) is 5. The SMILES string of the molecule is CCCn1cnc2nc(Cl)nc(NCc3ccncc3)c21. The zero-order valence-corrected chi connectivity index (χ0v) is 12.4. The number of aryl methyl sites for hydroxylation is 1. The lowest BCUT2D eigenvalue weighted by atomic mass is 10.3. The van der Waals surface area contributed by atoms with Crippen LogP contribution in [-0.4, -0.2) is 24.5 Å². The van der Waals surface area contributed by atoms with Gasteiger partial charge in [-0.05, 0) is 35.7 Å². The summed E-state index contributed by atoms with van der Waals surface area (Å²) >= 11 is 5.97. The third kappa shape index (κ3) is 2.95. The highest BCUT2D eigenvalue weighted by Crippen LogP contribution is 2.22. The minimum absolute atomic E-state index is 0.196. The lowest BCUT2D eigenvalue weighted by molar-refractivity contribution is 0.696. The number of anilines is 1. The van der Waals surface area contributed by atoms with E-state index in [4.69, 9.17) is 11.6 Å². The molecule has 1 N–H and O–H groups in total. The smallest absolute Gasteiger partial charge is 0.226 e. The van der Waals surface area contributed by atoms with E-state index in [9.17, 15) is 0 Å². The molecule has 7 heteroatoms. The van der Waals surface area contributed by atoms with Gasteiger partial charge < -0.3 is 9.88 Å². The Bertz CT molecular complexity index is 740. The van der Waals surface area contributed by atoms with Crippen molar-refractivity contribution in [2.45, 2.75) is 26.4 Å². The molecule has 0 bridgehead atoms. The van der Waals surface area contributed by atoms with Crippen molar-refractivity contribution < 1.29 is 0 Å². The van der Waals surface area contributed by atoms with E-state index < -0.39 is 0 Å². The molecule has 0 fully saturated rings. The second-order valence-corrected chi connectivity index (χ2v) is 5.00. The van der Waals surface area contributed by atoms with Gasteiger partial charge in [-0.25, -0.2) is 4.98 Å². The summed E-state index contributed by atoms with van der Waals surface area (Å²) < 4.78 is 2.04. The van der Waals surface area contributed by atoms with Gasteiger partial charge in [0.15, 0.2) is 11.5 Å². The number of aromatic nitrogens is 5. The van der Waals surface area contributed by atoms with Crippen molar-refractivity contribution in [3.05, 3.63) is 41.7 Å². The average Bonchev–Trinajstić information content (AvgIpc) is 2.89. The summed E-state index contributed by atoms with van der Waals surface area (Å²) in [7, 11) is 0. The number of fused-ring (bicyclic) bond motifs is 1. The predicted molar refractivity (Wildman–Crippen MR) is 82.2 cm³/mol. The van der Waals surface area contributed by atoms with Crippen molar-refractivity contribution in [1.82, 2.24) is 24.5 Å². The van der Waals surface area contributed by atoms with Crippen LogP contribution in [0.2, 0.25) is 5.28 Å². The van der Waals surface area contributed by atoms with Gasteiger partial charge in [-0.1, -0.05) is 6.92 Å². The summed E-state index contributed by atoms with van der Waals surface area (Å²) in [5, 5.41) is 3.50. The van der Waals surface area contributed by atoms with Gasteiger partial charge in [0.25, 0.3) is 0 Å². The molecule has 3 rings (SSSR count). The summed E-state index contributed by atoms with van der Waals surface area (Å²) in [5.74, 6) is 0.702. The van der Waals surface area contributed by atoms with Crippen LogP contribution in [-0.2, 0) is 13.1 Å². The van der Waals surface area contributed by atoms with Gasteiger partial charge in [-0.15, -0.1) is 0 Å². The molecule has 0 unspecified atom stereocenters. The molecule has 21 heavy (non-hydrogen) atoms. The fraction of sp³-hybridized carbons (Fsp3) is 0.286. The van der Waals surface area contributed by atoms with Crippen molar-refractivity contribution >= 4 is 28.6 Å². The number of rotatable bonds is 5. The maximum Gasteiger partial charge on any atom is 0.226 e. The van der Waals surface area contributed by atoms with Crippen molar-refractivity contribution in [3.63, 3.8) is 0 Å². The molecule has 0 aromatic carbocycles. The molecule has 0 saturated heterocycles. The van der Waals surface area contributed by atoms with Gasteiger partial charge in [0.1, 0.15) is 5.52 Å². The van der Waals surface area contributed by atoms with E-state index in [2.05, 4.69) is 32.2 Å². The third-order valence-corrected chi connectivity index (χ3v) is 3.29. The summed E-state index contributed by atoms with van der Waals surface area (Å²) in [5.41, 5.74) is 2.62. The van der Waals surface area contributed by atoms with Crippen molar-refractivity contribution in [2.24, 2.45) is 0 Å². The number of hydrogen-bond donors (Lipinski definition) is 1. The van der Waals surface area contributed by atoms with E-state index in [-0.39, 0.29) is 5.28 Å². The Morgan fingerprint density at radius 3 is 2.81 bits per heavy atom. The molecule has 0 aliphatic rings. The number of hydrogen-bond acceptors (Lipinski definition) is 5. The fourth-order valence-corrected chi connectivity index (χ4v) is 2.34. The van der Waals surface area contributed by atoms with Crippen LogP contribution in [0.1, 0.15) is 18.9 Å². The summed E-state index contributed by atoms with van der Waals surface area (Å²) in [6, 6.07) is 3.91. The van der Waals surface area contributed by atoms with E-state index >= 15 is 0 Å². The average molecular weight is 303 g/mol. The van der Waals surface area contributed by atoms with Gasteiger partial charge in [0, 0.05) is 25.5 Å². The Kier molecular flexibility index (Phi) is 3.96. The molecule has 0 saturated carbocycles. The van der Waals surface area contributed by atoms with Crippen LogP contribution >= 0.6 is 11.6 Å². The molecule has 0 aliphatic carbocycles. The minimum Gasteiger partial charge on any atom is -0.364 e. The Morgan fingerprint density at radius 1 is 1.24 bits per heavy atom. The number of imidazole rings is 1. The van der Waals surface area contributed by atoms with Crippen LogP contribution in [0.5, 0.6) is 0 Å². The van der Waals surface area contributed by atoms with E-state index in [1.54, 1.807) is 18.7 Å². The van der Waals surface area contributed by atoms with E-state index in [1.807, 2.05) is 16.7 Å². The van der Waals surface area contributed by atoms with E-state index in [1.165, 1.54) is 0 Å².